The van der Waals surface area contributed by atoms with E-state index in [0.29, 0.717) is 22.4 Å². The molecule has 1 saturated heterocycles. The number of carbonyl (C=O) groups is 1. The fraction of sp³-hybridized carbons (Fsp3) is 0.531. The Balaban J connectivity index is 1.29. The predicted octanol–water partition coefficient (Wildman–Crippen LogP) is 6.54. The molecule has 198 valence electrons. The van der Waals surface area contributed by atoms with Crippen LogP contribution in [0.25, 0.3) is 16.6 Å². The number of aromatic nitrogens is 2. The summed E-state index contributed by atoms with van der Waals surface area (Å²) >= 11 is 6.55. The normalized spacial score (nSPS) is 26.8. The molecule has 4 aliphatic rings. The van der Waals surface area contributed by atoms with Gasteiger partial charge < -0.3 is 4.79 Å². The number of likely N-dealkylation sites (tertiary alicyclic amines) is 1. The number of piperidine rings is 1. The van der Waals surface area contributed by atoms with Crippen LogP contribution in [0.2, 0.25) is 5.02 Å². The van der Waals surface area contributed by atoms with Crippen LogP contribution in [0.1, 0.15) is 93.5 Å². The second kappa shape index (κ2) is 9.60. The molecule has 38 heavy (non-hydrogen) atoms. The molecular weight excluding hydrogens is 494 g/mol. The van der Waals surface area contributed by atoms with Gasteiger partial charge in [0.1, 0.15) is 12.1 Å². The number of fused-ring (bicyclic) bond motifs is 7. The molecule has 3 fully saturated rings. The minimum atomic E-state index is -0.206. The standard InChI is InChI=1S/C32H36ClN3O2/c33-26-7-4-8-27-29(26)30(38)34-31-32(15-2-1-3-16-32)25-14-11-22(18-28(25)36(27)31)23-6-5-17-35(19-23)24-12-9-21(20-37)10-13-24/h4,7-8,11,14,18,20-21,23-24H,1-3,5-6,9-10,12-13,15-17,19H2/t21?,23-,24?/m1/s1. The van der Waals surface area contributed by atoms with E-state index < -0.39 is 0 Å². The maximum Gasteiger partial charge on any atom is 0.282 e. The summed E-state index contributed by atoms with van der Waals surface area (Å²) in [6.07, 6.45) is 13.6. The first-order valence-corrected chi connectivity index (χ1v) is 15.0. The number of hydrogen-bond acceptors (Lipinski definition) is 4. The van der Waals surface area contributed by atoms with Gasteiger partial charge >= 0.3 is 0 Å². The number of aldehydes is 1. The van der Waals surface area contributed by atoms with Gasteiger partial charge in [0.2, 0.25) is 0 Å². The molecule has 1 spiro atoms. The molecule has 3 heterocycles. The molecule has 3 aromatic rings. The Morgan fingerprint density at radius 2 is 1.79 bits per heavy atom. The average molecular weight is 530 g/mol. The van der Waals surface area contributed by atoms with Crippen LogP contribution in [0.5, 0.6) is 0 Å². The molecule has 0 amide bonds. The minimum Gasteiger partial charge on any atom is -0.303 e. The van der Waals surface area contributed by atoms with E-state index in [1.54, 1.807) is 6.07 Å². The molecule has 5 nitrogen and oxygen atoms in total. The van der Waals surface area contributed by atoms with E-state index in [4.69, 9.17) is 16.6 Å². The molecule has 0 N–H and O–H groups in total. The summed E-state index contributed by atoms with van der Waals surface area (Å²) in [6.45, 7) is 2.25. The lowest BCUT2D eigenvalue weighted by Crippen LogP contribution is -2.43. The Labute approximate surface area is 229 Å². The third-order valence-corrected chi connectivity index (χ3v) is 10.5. The average Bonchev–Trinajstić information content (AvgIpc) is 3.21. The van der Waals surface area contributed by atoms with Crippen molar-refractivity contribution < 1.29 is 4.79 Å². The quantitative estimate of drug-likeness (QED) is 0.361. The summed E-state index contributed by atoms with van der Waals surface area (Å²) in [4.78, 5) is 31.9. The Kier molecular flexibility index (Phi) is 6.20. The van der Waals surface area contributed by atoms with Crippen molar-refractivity contribution in [1.29, 1.82) is 0 Å². The Hall–Kier alpha value is -2.50. The van der Waals surface area contributed by atoms with Crippen LogP contribution in [0.3, 0.4) is 0 Å². The van der Waals surface area contributed by atoms with E-state index in [-0.39, 0.29) is 16.9 Å². The molecule has 2 aliphatic carbocycles. The SMILES string of the molecule is O=CC1CCC(N2CCC[C@@H](c3ccc4c(c3)-n3c(nc(=O)c5c(Cl)cccc53)C43CCCCC3)C2)CC1. The highest BCUT2D eigenvalue weighted by Gasteiger charge is 2.46. The van der Waals surface area contributed by atoms with Gasteiger partial charge in [0.05, 0.1) is 27.0 Å². The molecular formula is C32H36ClN3O2. The fourth-order valence-corrected chi connectivity index (χ4v) is 8.42. The van der Waals surface area contributed by atoms with Gasteiger partial charge in [0, 0.05) is 18.5 Å². The van der Waals surface area contributed by atoms with Gasteiger partial charge in [-0.05, 0) is 93.2 Å². The monoisotopic (exact) mass is 529 g/mol. The highest BCUT2D eigenvalue weighted by Crippen LogP contribution is 2.52. The van der Waals surface area contributed by atoms with E-state index in [1.165, 1.54) is 36.1 Å². The minimum absolute atomic E-state index is 0.183. The Morgan fingerprint density at radius 1 is 0.974 bits per heavy atom. The molecule has 1 aromatic heterocycles. The summed E-state index contributed by atoms with van der Waals surface area (Å²) in [6, 6.07) is 13.5. The lowest BCUT2D eigenvalue weighted by atomic mass is 9.69. The number of halogens is 1. The van der Waals surface area contributed by atoms with Gasteiger partial charge in [-0.15, -0.1) is 0 Å². The number of nitrogens with zero attached hydrogens (tertiary/aromatic N) is 3. The van der Waals surface area contributed by atoms with Gasteiger partial charge in [-0.1, -0.05) is 49.1 Å². The zero-order valence-electron chi connectivity index (χ0n) is 22.0. The van der Waals surface area contributed by atoms with Crippen molar-refractivity contribution in [2.45, 2.75) is 88.0 Å². The summed E-state index contributed by atoms with van der Waals surface area (Å²) < 4.78 is 2.27. The first kappa shape index (κ1) is 24.5. The zero-order chi connectivity index (χ0) is 25.9. The molecule has 0 unspecified atom stereocenters. The number of rotatable bonds is 3. The van der Waals surface area contributed by atoms with E-state index in [9.17, 15) is 9.59 Å². The van der Waals surface area contributed by atoms with Crippen LogP contribution in [-0.2, 0) is 10.2 Å². The van der Waals surface area contributed by atoms with Crippen molar-refractivity contribution in [2.75, 3.05) is 13.1 Å². The van der Waals surface area contributed by atoms with Crippen LogP contribution in [0.15, 0.2) is 41.2 Å². The smallest absolute Gasteiger partial charge is 0.282 e. The van der Waals surface area contributed by atoms with Crippen molar-refractivity contribution in [2.24, 2.45) is 5.92 Å². The van der Waals surface area contributed by atoms with Gasteiger partial charge in [0.15, 0.2) is 0 Å². The van der Waals surface area contributed by atoms with E-state index in [2.05, 4.69) is 27.7 Å². The topological polar surface area (TPSA) is 55.2 Å². The van der Waals surface area contributed by atoms with Crippen LogP contribution < -0.4 is 5.56 Å². The van der Waals surface area contributed by atoms with Gasteiger partial charge in [0.25, 0.3) is 5.56 Å². The van der Waals surface area contributed by atoms with Gasteiger partial charge in [-0.25, -0.2) is 0 Å². The second-order valence-electron chi connectivity index (χ2n) is 12.2. The van der Waals surface area contributed by atoms with Crippen molar-refractivity contribution in [3.63, 3.8) is 0 Å². The van der Waals surface area contributed by atoms with Crippen LogP contribution in [0, 0.1) is 5.92 Å². The highest BCUT2D eigenvalue weighted by molar-refractivity contribution is 6.35. The second-order valence-corrected chi connectivity index (χ2v) is 12.6. The molecule has 0 bridgehead atoms. The summed E-state index contributed by atoms with van der Waals surface area (Å²) in [5, 5.41) is 1.00. The molecule has 0 radical (unpaired) electrons. The molecule has 2 aromatic carbocycles. The molecule has 2 aliphatic heterocycles. The van der Waals surface area contributed by atoms with E-state index in [0.717, 1.165) is 82.1 Å². The van der Waals surface area contributed by atoms with Crippen molar-refractivity contribution in [3.8, 4) is 5.69 Å². The van der Waals surface area contributed by atoms with Crippen LogP contribution >= 0.6 is 11.6 Å². The number of benzene rings is 2. The third-order valence-electron chi connectivity index (χ3n) is 10.2. The molecule has 6 heteroatoms. The summed E-state index contributed by atoms with van der Waals surface area (Å²) in [7, 11) is 0. The lowest BCUT2D eigenvalue weighted by molar-refractivity contribution is -0.112. The summed E-state index contributed by atoms with van der Waals surface area (Å²) in [5.74, 6) is 1.67. The lowest BCUT2D eigenvalue weighted by Gasteiger charge is -2.41. The number of carbonyl (C=O) groups excluding carboxylic acids is 1. The maximum absolute atomic E-state index is 13.2. The largest absolute Gasteiger partial charge is 0.303 e. The number of hydrogen-bond donors (Lipinski definition) is 0. The van der Waals surface area contributed by atoms with Crippen molar-refractivity contribution >= 4 is 28.8 Å². The van der Waals surface area contributed by atoms with Crippen molar-refractivity contribution in [3.05, 3.63) is 68.7 Å². The van der Waals surface area contributed by atoms with Gasteiger partial charge in [-0.2, -0.15) is 4.98 Å². The van der Waals surface area contributed by atoms with Gasteiger partial charge in [-0.3, -0.25) is 14.3 Å². The molecule has 2 saturated carbocycles. The summed E-state index contributed by atoms with van der Waals surface area (Å²) in [5.41, 5.74) is 4.41. The highest BCUT2D eigenvalue weighted by atomic mass is 35.5. The molecule has 1 atom stereocenters. The third kappa shape index (κ3) is 3.80. The Bertz CT molecular complexity index is 1450. The van der Waals surface area contributed by atoms with Crippen LogP contribution in [0.4, 0.5) is 0 Å². The predicted molar refractivity (Wildman–Crippen MR) is 152 cm³/mol. The Morgan fingerprint density at radius 3 is 2.58 bits per heavy atom. The zero-order valence-corrected chi connectivity index (χ0v) is 22.8. The van der Waals surface area contributed by atoms with E-state index in [1.807, 2.05) is 12.1 Å². The first-order chi connectivity index (χ1) is 18.6. The fourth-order valence-electron chi connectivity index (χ4n) is 8.17. The van der Waals surface area contributed by atoms with Crippen molar-refractivity contribution in [1.82, 2.24) is 14.5 Å². The molecule has 7 rings (SSSR count). The van der Waals surface area contributed by atoms with Crippen LogP contribution in [-0.4, -0.2) is 39.9 Å². The van der Waals surface area contributed by atoms with E-state index >= 15 is 0 Å². The first-order valence-electron chi connectivity index (χ1n) is 14.6. The maximum atomic E-state index is 13.2.